The predicted octanol–water partition coefficient (Wildman–Crippen LogP) is 19.5. The van der Waals surface area contributed by atoms with E-state index in [2.05, 4.69) is 210 Å². The Kier molecular flexibility index (Phi) is 7.08. The summed E-state index contributed by atoms with van der Waals surface area (Å²) in [6.07, 6.45) is 0. The van der Waals surface area contributed by atoms with Crippen LogP contribution in [0.4, 0.5) is 0 Å². The minimum absolute atomic E-state index is 0.351. The van der Waals surface area contributed by atoms with Gasteiger partial charge in [0.15, 0.2) is 0 Å². The van der Waals surface area contributed by atoms with Gasteiger partial charge in [-0.2, -0.15) is 0 Å². The molecule has 2 aliphatic carbocycles. The first-order chi connectivity index (χ1) is 35.2. The zero-order valence-corrected chi connectivity index (χ0v) is 40.0. The molecule has 0 fully saturated rings. The van der Waals surface area contributed by atoms with Gasteiger partial charge in [0.25, 0.3) is 0 Å². The summed E-state index contributed by atoms with van der Waals surface area (Å²) in [5, 5.41) is 13.9. The van der Waals surface area contributed by atoms with Crippen LogP contribution in [0.1, 0.15) is 49.9 Å². The van der Waals surface area contributed by atoms with Crippen molar-refractivity contribution in [3.63, 3.8) is 0 Å². The standard InChI is InChI=1S/C68H42O4/c1-67(2)49-34-48-50(33-47(49)62-51(67)32-46(65-64(62)42-18-10-12-20-54(42)71-65)38-22-26-44-58(30-38)70-56-28-24-36-14-6-8-16-40(36)60(44)56)68(3,4)52-31-45(61-41-17-9-11-19-53(41)72-66(61)63(48)52)37-21-25-43-57(29-37)69-55-27-23-35-13-5-7-15-39(35)59(43)55/h5-34H,1-4H3. The van der Waals surface area contributed by atoms with Crippen molar-refractivity contribution in [3.8, 4) is 44.5 Å². The molecule has 4 aromatic heterocycles. The first-order valence-electron chi connectivity index (χ1n) is 25.0. The average Bonchev–Trinajstić information content (AvgIpc) is 4.25. The van der Waals surface area contributed by atoms with E-state index in [-0.39, 0.29) is 10.8 Å². The second kappa shape index (κ2) is 13.1. The second-order valence-corrected chi connectivity index (χ2v) is 21.4. The fourth-order valence-electron chi connectivity index (χ4n) is 13.5. The first kappa shape index (κ1) is 38.9. The van der Waals surface area contributed by atoms with E-state index < -0.39 is 0 Å². The molecule has 0 aliphatic heterocycles. The highest BCUT2D eigenvalue weighted by Crippen LogP contribution is 2.61. The van der Waals surface area contributed by atoms with Crippen molar-refractivity contribution >= 4 is 109 Å². The monoisotopic (exact) mass is 922 g/mol. The minimum Gasteiger partial charge on any atom is -0.456 e. The molecule has 17 rings (SSSR count). The summed E-state index contributed by atoms with van der Waals surface area (Å²) in [5.74, 6) is 0. The van der Waals surface area contributed by atoms with Crippen LogP contribution in [0.25, 0.3) is 154 Å². The Labute approximate surface area is 412 Å². The fraction of sp³-hybridized carbons (Fsp3) is 0.0882. The third-order valence-electron chi connectivity index (χ3n) is 17.0. The number of hydrogen-bond donors (Lipinski definition) is 0. The zero-order valence-electron chi connectivity index (χ0n) is 40.0. The Balaban J connectivity index is 0.883. The van der Waals surface area contributed by atoms with Crippen LogP contribution in [-0.4, -0.2) is 0 Å². The van der Waals surface area contributed by atoms with Gasteiger partial charge in [-0.3, -0.25) is 0 Å². The molecule has 2 aliphatic rings. The summed E-state index contributed by atoms with van der Waals surface area (Å²) in [6.45, 7) is 9.57. The van der Waals surface area contributed by atoms with Crippen molar-refractivity contribution < 1.29 is 17.7 Å². The molecule has 4 heterocycles. The van der Waals surface area contributed by atoms with E-state index in [4.69, 9.17) is 17.7 Å². The van der Waals surface area contributed by atoms with Crippen LogP contribution in [0.15, 0.2) is 200 Å². The van der Waals surface area contributed by atoms with Crippen molar-refractivity contribution in [1.29, 1.82) is 0 Å². The zero-order chi connectivity index (χ0) is 47.5. The van der Waals surface area contributed by atoms with Crippen LogP contribution >= 0.6 is 0 Å². The number of fused-ring (bicyclic) bond motifs is 24. The molecule has 0 N–H and O–H groups in total. The van der Waals surface area contributed by atoms with Crippen LogP contribution < -0.4 is 0 Å². The summed E-state index contributed by atoms with van der Waals surface area (Å²) in [7, 11) is 0. The molecule has 11 aromatic carbocycles. The van der Waals surface area contributed by atoms with Crippen molar-refractivity contribution in [3.05, 3.63) is 204 Å². The van der Waals surface area contributed by atoms with Crippen LogP contribution in [0.2, 0.25) is 0 Å². The van der Waals surface area contributed by atoms with Gasteiger partial charge in [-0.05, 0) is 150 Å². The largest absolute Gasteiger partial charge is 0.456 e. The van der Waals surface area contributed by atoms with Gasteiger partial charge >= 0.3 is 0 Å². The van der Waals surface area contributed by atoms with E-state index in [0.717, 1.165) is 110 Å². The Morgan fingerprint density at radius 2 is 0.722 bits per heavy atom. The maximum Gasteiger partial charge on any atom is 0.144 e. The van der Waals surface area contributed by atoms with E-state index in [0.29, 0.717) is 0 Å². The number of rotatable bonds is 2. The number of para-hydroxylation sites is 2. The number of furan rings is 4. The summed E-state index contributed by atoms with van der Waals surface area (Å²) in [4.78, 5) is 0. The van der Waals surface area contributed by atoms with Crippen LogP contribution in [-0.2, 0) is 10.8 Å². The quantitative estimate of drug-likeness (QED) is 0.173. The summed E-state index contributed by atoms with van der Waals surface area (Å²) in [5.41, 5.74) is 20.9. The number of benzene rings is 11. The van der Waals surface area contributed by atoms with Gasteiger partial charge in [-0.1, -0.05) is 137 Å². The molecule has 4 heteroatoms. The average molecular weight is 923 g/mol. The van der Waals surface area contributed by atoms with Crippen LogP contribution in [0.5, 0.6) is 0 Å². The Morgan fingerprint density at radius 1 is 0.278 bits per heavy atom. The van der Waals surface area contributed by atoms with E-state index in [1.165, 1.54) is 66.1 Å². The lowest BCUT2D eigenvalue weighted by Gasteiger charge is -2.24. The maximum absolute atomic E-state index is 7.11. The molecular formula is C68H42O4. The highest BCUT2D eigenvalue weighted by Gasteiger charge is 2.45. The van der Waals surface area contributed by atoms with E-state index >= 15 is 0 Å². The topological polar surface area (TPSA) is 52.6 Å². The Bertz CT molecular complexity index is 4980. The van der Waals surface area contributed by atoms with E-state index in [1.54, 1.807) is 0 Å². The van der Waals surface area contributed by atoms with Gasteiger partial charge in [0.1, 0.15) is 44.7 Å². The molecule has 0 unspecified atom stereocenters. The molecule has 0 saturated heterocycles. The minimum atomic E-state index is -0.359. The highest BCUT2D eigenvalue weighted by molar-refractivity contribution is 6.24. The summed E-state index contributed by atoms with van der Waals surface area (Å²) in [6, 6.07) is 66.0. The van der Waals surface area contributed by atoms with E-state index in [9.17, 15) is 0 Å². The molecule has 0 spiro atoms. The molecule has 0 amide bonds. The Hall–Kier alpha value is -8.86. The van der Waals surface area contributed by atoms with Gasteiger partial charge in [-0.25, -0.2) is 0 Å². The normalized spacial score (nSPS) is 14.6. The predicted molar refractivity (Wildman–Crippen MR) is 297 cm³/mol. The van der Waals surface area contributed by atoms with Crippen molar-refractivity contribution in [1.82, 2.24) is 0 Å². The molecular weight excluding hydrogens is 881 g/mol. The maximum atomic E-state index is 7.11. The molecule has 15 aromatic rings. The van der Waals surface area contributed by atoms with Crippen LogP contribution in [0.3, 0.4) is 0 Å². The van der Waals surface area contributed by atoms with Gasteiger partial charge in [-0.15, -0.1) is 0 Å². The third-order valence-corrected chi connectivity index (χ3v) is 17.0. The van der Waals surface area contributed by atoms with Crippen molar-refractivity contribution in [2.75, 3.05) is 0 Å². The lowest BCUT2D eigenvalue weighted by molar-refractivity contribution is 0.649. The first-order valence-corrected chi connectivity index (χ1v) is 25.0. The second-order valence-electron chi connectivity index (χ2n) is 21.4. The summed E-state index contributed by atoms with van der Waals surface area (Å²) < 4.78 is 27.4. The lowest BCUT2D eigenvalue weighted by atomic mass is 9.78. The third kappa shape index (κ3) is 4.78. The van der Waals surface area contributed by atoms with Gasteiger partial charge < -0.3 is 17.7 Å². The molecule has 72 heavy (non-hydrogen) atoms. The molecule has 0 saturated carbocycles. The van der Waals surface area contributed by atoms with Gasteiger partial charge in [0.05, 0.1) is 0 Å². The lowest BCUT2D eigenvalue weighted by Crippen LogP contribution is -2.17. The molecule has 0 bridgehead atoms. The van der Waals surface area contributed by atoms with Crippen LogP contribution in [0, 0.1) is 0 Å². The van der Waals surface area contributed by atoms with Gasteiger partial charge in [0, 0.05) is 65.0 Å². The Morgan fingerprint density at radius 3 is 1.32 bits per heavy atom. The summed E-state index contributed by atoms with van der Waals surface area (Å²) >= 11 is 0. The smallest absolute Gasteiger partial charge is 0.144 e. The molecule has 0 radical (unpaired) electrons. The number of hydrogen-bond acceptors (Lipinski definition) is 4. The SMILES string of the molecule is CC1(C)c2cc3c(cc2-c2c1cc(-c1ccc4c(c1)oc1ccc5ccccc5c14)c1c2oc2ccccc21)C(C)(C)c1cc(-c2ccc4c(c2)oc2ccc5ccccc5c24)c2oc4ccccc4c2c1-3. The highest BCUT2D eigenvalue weighted by atomic mass is 16.3. The van der Waals surface area contributed by atoms with Crippen molar-refractivity contribution in [2.45, 2.75) is 38.5 Å². The van der Waals surface area contributed by atoms with Crippen molar-refractivity contribution in [2.24, 2.45) is 0 Å². The molecule has 0 atom stereocenters. The molecule has 4 nitrogen and oxygen atoms in total. The molecule has 338 valence electrons. The fourth-order valence-corrected chi connectivity index (χ4v) is 13.5. The van der Waals surface area contributed by atoms with E-state index in [1.807, 2.05) is 0 Å². The van der Waals surface area contributed by atoms with Gasteiger partial charge in [0.2, 0.25) is 0 Å².